The van der Waals surface area contributed by atoms with Crippen LogP contribution in [0.3, 0.4) is 0 Å². The number of rotatable bonds is 10. The Morgan fingerprint density at radius 2 is 1.64 bits per heavy atom. The van der Waals surface area contributed by atoms with Gasteiger partial charge in [-0.15, -0.1) is 0 Å². The first-order valence-corrected chi connectivity index (χ1v) is 15.5. The van der Waals surface area contributed by atoms with E-state index in [0.717, 1.165) is 0 Å². The van der Waals surface area contributed by atoms with Gasteiger partial charge in [0.25, 0.3) is 15.9 Å². The van der Waals surface area contributed by atoms with Crippen molar-refractivity contribution in [3.8, 4) is 17.2 Å². The van der Waals surface area contributed by atoms with Gasteiger partial charge in [0, 0.05) is 30.9 Å². The highest BCUT2D eigenvalue weighted by Gasteiger charge is 2.34. The second-order valence-electron chi connectivity index (χ2n) is 10.7. The Kier molecular flexibility index (Phi) is 10.2. The van der Waals surface area contributed by atoms with Crippen LogP contribution in [-0.4, -0.2) is 88.4 Å². The summed E-state index contributed by atoms with van der Waals surface area (Å²) in [6.45, 7) is 3.79. The molecule has 0 aliphatic carbocycles. The molecular weight excluding hydrogens is 588 g/mol. The Hall–Kier alpha value is -4.49. The summed E-state index contributed by atoms with van der Waals surface area (Å²) in [6.07, 6.45) is -0.538. The van der Waals surface area contributed by atoms with Crippen LogP contribution in [0.1, 0.15) is 24.2 Å². The monoisotopic (exact) mass is 626 g/mol. The van der Waals surface area contributed by atoms with Crippen LogP contribution >= 0.6 is 0 Å². The van der Waals surface area contributed by atoms with Crippen LogP contribution in [-0.2, 0) is 10.0 Å². The van der Waals surface area contributed by atoms with E-state index < -0.39 is 28.1 Å². The molecule has 0 spiro atoms. The van der Waals surface area contributed by atoms with E-state index in [2.05, 4.69) is 10.0 Å². The molecule has 1 aliphatic heterocycles. The van der Waals surface area contributed by atoms with Crippen molar-refractivity contribution in [3.63, 3.8) is 0 Å². The lowest BCUT2D eigenvalue weighted by Gasteiger charge is -2.38. The van der Waals surface area contributed by atoms with Crippen molar-refractivity contribution in [2.75, 3.05) is 51.0 Å². The number of urea groups is 1. The summed E-state index contributed by atoms with van der Waals surface area (Å²) in [4.78, 5) is 29.8. The molecule has 236 valence electrons. The highest BCUT2D eigenvalue weighted by atomic mass is 32.2. The van der Waals surface area contributed by atoms with Crippen molar-refractivity contribution in [2.24, 2.45) is 5.92 Å². The maximum atomic E-state index is 13.7. The van der Waals surface area contributed by atoms with Gasteiger partial charge in [-0.3, -0.25) is 9.52 Å². The van der Waals surface area contributed by atoms with Gasteiger partial charge in [-0.05, 0) is 73.7 Å². The molecule has 0 bridgehead atoms. The fraction of sp³-hybridized carbons (Fsp3) is 0.355. The van der Waals surface area contributed by atoms with Crippen molar-refractivity contribution in [3.05, 3.63) is 72.3 Å². The third-order valence-corrected chi connectivity index (χ3v) is 8.83. The normalized spacial score (nSPS) is 17.3. The Morgan fingerprint density at radius 3 is 2.23 bits per heavy atom. The SMILES string of the molecule is COc1ccc(NC(=O)N(C)C[C@H]2Oc3ccc(NS(=O)(=O)c4ccc(OC)cc4)cc3C(=O)N([C@H](C)CO)C[C@@H]2C)cc1. The van der Waals surface area contributed by atoms with Crippen LogP contribution in [0.2, 0.25) is 0 Å². The number of ether oxygens (including phenoxy) is 3. The molecule has 44 heavy (non-hydrogen) atoms. The molecule has 3 aromatic carbocycles. The van der Waals surface area contributed by atoms with Crippen molar-refractivity contribution in [2.45, 2.75) is 30.9 Å². The summed E-state index contributed by atoms with van der Waals surface area (Å²) in [5.74, 6) is 0.768. The number of benzene rings is 3. The molecule has 3 N–H and O–H groups in total. The van der Waals surface area contributed by atoms with Crippen LogP contribution in [0.4, 0.5) is 16.2 Å². The summed E-state index contributed by atoms with van der Waals surface area (Å²) in [5, 5.41) is 12.8. The molecule has 13 heteroatoms. The van der Waals surface area contributed by atoms with Gasteiger partial charge in [0.1, 0.15) is 23.4 Å². The number of likely N-dealkylation sites (N-methyl/N-ethyl adjacent to an activating group) is 1. The lowest BCUT2D eigenvalue weighted by Crippen LogP contribution is -2.50. The van der Waals surface area contributed by atoms with Crippen LogP contribution < -0.4 is 24.2 Å². The molecule has 0 saturated carbocycles. The zero-order valence-corrected chi connectivity index (χ0v) is 26.1. The third-order valence-electron chi connectivity index (χ3n) is 7.43. The van der Waals surface area contributed by atoms with Crippen LogP contribution in [0, 0.1) is 5.92 Å². The first-order chi connectivity index (χ1) is 20.9. The molecule has 12 nitrogen and oxygen atoms in total. The minimum Gasteiger partial charge on any atom is -0.497 e. The maximum Gasteiger partial charge on any atom is 0.321 e. The number of nitrogens with zero attached hydrogens (tertiary/aromatic N) is 2. The molecule has 3 atom stereocenters. The van der Waals surface area contributed by atoms with Crippen LogP contribution in [0.25, 0.3) is 0 Å². The number of sulfonamides is 1. The fourth-order valence-corrected chi connectivity index (χ4v) is 5.77. The predicted molar refractivity (Wildman–Crippen MR) is 166 cm³/mol. The van der Waals surface area contributed by atoms with E-state index in [9.17, 15) is 23.1 Å². The minimum absolute atomic E-state index is 0.0213. The predicted octanol–water partition coefficient (Wildman–Crippen LogP) is 3.89. The Labute approximate surface area is 257 Å². The second-order valence-corrected chi connectivity index (χ2v) is 12.3. The molecule has 0 unspecified atom stereocenters. The summed E-state index contributed by atoms with van der Waals surface area (Å²) in [5.41, 5.74) is 0.884. The number of carbonyl (C=O) groups excluding carboxylic acids is 2. The molecule has 1 heterocycles. The third kappa shape index (κ3) is 7.53. The summed E-state index contributed by atoms with van der Waals surface area (Å²) in [6, 6.07) is 16.4. The quantitative estimate of drug-likeness (QED) is 0.307. The van der Waals surface area contributed by atoms with Gasteiger partial charge < -0.3 is 34.4 Å². The van der Waals surface area contributed by atoms with Crippen LogP contribution in [0.5, 0.6) is 17.2 Å². The topological polar surface area (TPSA) is 147 Å². The van der Waals surface area contributed by atoms with Crippen molar-refractivity contribution in [1.82, 2.24) is 9.80 Å². The van der Waals surface area contributed by atoms with E-state index in [1.165, 1.54) is 59.4 Å². The number of anilines is 2. The average molecular weight is 627 g/mol. The minimum atomic E-state index is -3.98. The molecule has 1 aliphatic rings. The van der Waals surface area contributed by atoms with E-state index in [4.69, 9.17) is 14.2 Å². The molecule has 0 radical (unpaired) electrons. The zero-order chi connectivity index (χ0) is 32.0. The van der Waals surface area contributed by atoms with Crippen LogP contribution in [0.15, 0.2) is 71.6 Å². The molecule has 0 saturated heterocycles. The number of fused-ring (bicyclic) bond motifs is 1. The number of aliphatic hydroxyl groups is 1. The summed E-state index contributed by atoms with van der Waals surface area (Å²) < 4.78 is 45.3. The van der Waals surface area contributed by atoms with E-state index in [0.29, 0.717) is 17.2 Å². The van der Waals surface area contributed by atoms with Crippen molar-refractivity contribution in [1.29, 1.82) is 0 Å². The number of nitrogens with one attached hydrogen (secondary N) is 2. The molecule has 0 fully saturated rings. The van der Waals surface area contributed by atoms with Gasteiger partial charge >= 0.3 is 6.03 Å². The Morgan fingerprint density at radius 1 is 1.05 bits per heavy atom. The van der Waals surface area contributed by atoms with Gasteiger partial charge in [0.2, 0.25) is 0 Å². The standard InChI is InChI=1S/C31H38N4O8S/c1-20-17-35(21(2)19-36)30(37)27-16-23(33-44(39,40)26-13-11-25(42-5)12-14-26)8-15-28(27)43-29(20)18-34(3)31(38)32-22-6-9-24(41-4)10-7-22/h6-16,20-21,29,33,36H,17-19H2,1-5H3,(H,32,38)/t20-,21+,29+/m0/s1. The van der Waals surface area contributed by atoms with E-state index >= 15 is 0 Å². The number of carbonyl (C=O) groups is 2. The van der Waals surface area contributed by atoms with Gasteiger partial charge in [0.15, 0.2) is 0 Å². The molecular formula is C31H38N4O8S. The van der Waals surface area contributed by atoms with E-state index in [1.807, 2.05) is 6.92 Å². The number of hydrogen-bond acceptors (Lipinski definition) is 8. The van der Waals surface area contributed by atoms with E-state index in [1.54, 1.807) is 45.3 Å². The molecule has 3 amide bonds. The van der Waals surface area contributed by atoms with Gasteiger partial charge in [0.05, 0.1) is 43.9 Å². The number of methoxy groups -OCH3 is 2. The van der Waals surface area contributed by atoms with Crippen molar-refractivity contribution < 1.29 is 37.3 Å². The van der Waals surface area contributed by atoms with Gasteiger partial charge in [-0.1, -0.05) is 6.92 Å². The number of amides is 3. The first kappa shape index (κ1) is 32.4. The van der Waals surface area contributed by atoms with Crippen molar-refractivity contribution >= 4 is 33.3 Å². The lowest BCUT2D eigenvalue weighted by molar-refractivity contribution is 0.0371. The molecule has 4 rings (SSSR count). The highest BCUT2D eigenvalue weighted by Crippen LogP contribution is 2.31. The number of aliphatic hydroxyl groups excluding tert-OH is 1. The smallest absolute Gasteiger partial charge is 0.321 e. The Balaban J connectivity index is 1.59. The maximum absolute atomic E-state index is 13.7. The highest BCUT2D eigenvalue weighted by molar-refractivity contribution is 7.92. The second kappa shape index (κ2) is 13.9. The molecule has 0 aromatic heterocycles. The largest absolute Gasteiger partial charge is 0.497 e. The lowest BCUT2D eigenvalue weighted by atomic mass is 9.99. The Bertz CT molecular complexity index is 1560. The van der Waals surface area contributed by atoms with Gasteiger partial charge in [-0.25, -0.2) is 13.2 Å². The number of hydrogen-bond donors (Lipinski definition) is 3. The summed E-state index contributed by atoms with van der Waals surface area (Å²) in [7, 11) is 0.716. The fourth-order valence-electron chi connectivity index (χ4n) is 4.72. The zero-order valence-electron chi connectivity index (χ0n) is 25.3. The van der Waals surface area contributed by atoms with E-state index in [-0.39, 0.29) is 53.5 Å². The first-order valence-electron chi connectivity index (χ1n) is 14.0. The molecule has 3 aromatic rings. The van der Waals surface area contributed by atoms with Gasteiger partial charge in [-0.2, -0.15) is 0 Å². The summed E-state index contributed by atoms with van der Waals surface area (Å²) >= 11 is 0. The average Bonchev–Trinajstić information content (AvgIpc) is 3.02.